The summed E-state index contributed by atoms with van der Waals surface area (Å²) in [6.07, 6.45) is -0.885. The molecule has 156 valence electrons. The van der Waals surface area contributed by atoms with E-state index < -0.39 is 12.6 Å². The smallest absolute Gasteiger partial charge is 0.217 e. The van der Waals surface area contributed by atoms with Crippen molar-refractivity contribution in [1.82, 2.24) is 0 Å². The number of aldehydes is 1. The SMILES string of the molecule is CO[C@@H](OCc1ccc([C@@H](OC)OCc2ccc(C=O)o2)o1)c1ccc(CO)o1. The van der Waals surface area contributed by atoms with Crippen LogP contribution in [-0.2, 0) is 38.8 Å². The summed E-state index contributed by atoms with van der Waals surface area (Å²) in [6.45, 7) is 0.0200. The van der Waals surface area contributed by atoms with E-state index in [4.69, 9.17) is 37.3 Å². The number of rotatable bonds is 12. The van der Waals surface area contributed by atoms with Crippen molar-refractivity contribution in [2.24, 2.45) is 0 Å². The van der Waals surface area contributed by atoms with Crippen LogP contribution in [0.25, 0.3) is 0 Å². The van der Waals surface area contributed by atoms with Crippen molar-refractivity contribution in [2.75, 3.05) is 14.2 Å². The van der Waals surface area contributed by atoms with Crippen LogP contribution >= 0.6 is 0 Å². The molecular weight excluding hydrogens is 384 g/mol. The van der Waals surface area contributed by atoms with E-state index in [-0.39, 0.29) is 25.6 Å². The molecule has 0 unspecified atom stereocenters. The molecule has 0 saturated heterocycles. The number of methoxy groups -OCH3 is 2. The van der Waals surface area contributed by atoms with Crippen LogP contribution in [0.1, 0.15) is 51.9 Å². The Labute approximate surface area is 166 Å². The number of hydrogen-bond donors (Lipinski definition) is 1. The highest BCUT2D eigenvalue weighted by Gasteiger charge is 2.19. The molecule has 0 fully saturated rings. The van der Waals surface area contributed by atoms with E-state index in [2.05, 4.69) is 0 Å². The van der Waals surface area contributed by atoms with Gasteiger partial charge in [-0.3, -0.25) is 4.79 Å². The first kappa shape index (κ1) is 21.0. The number of hydrogen-bond acceptors (Lipinski definition) is 9. The van der Waals surface area contributed by atoms with Gasteiger partial charge in [-0.25, -0.2) is 0 Å². The van der Waals surface area contributed by atoms with Crippen LogP contribution in [0.15, 0.2) is 49.6 Å². The standard InChI is InChI=1S/C20H22O9/c1-23-19(17-7-5-14(10-22)28-17)26-12-16-6-8-18(29-16)20(24-2)25-11-15-4-3-13(9-21)27-15/h3-9,19-20,22H,10-12H2,1-2H3/t19-,20-/m0/s1. The van der Waals surface area contributed by atoms with Crippen molar-refractivity contribution in [1.29, 1.82) is 0 Å². The third-order valence-corrected chi connectivity index (χ3v) is 3.97. The Kier molecular flexibility index (Phi) is 7.39. The average molecular weight is 406 g/mol. The summed E-state index contributed by atoms with van der Waals surface area (Å²) in [7, 11) is 2.97. The molecule has 0 saturated carbocycles. The molecule has 3 rings (SSSR count). The van der Waals surface area contributed by atoms with E-state index in [0.717, 1.165) is 0 Å². The van der Waals surface area contributed by atoms with Crippen molar-refractivity contribution >= 4 is 6.29 Å². The topological polar surface area (TPSA) is 114 Å². The first-order valence-electron chi connectivity index (χ1n) is 8.77. The fraction of sp³-hybridized carbons (Fsp3) is 0.350. The quantitative estimate of drug-likeness (QED) is 0.356. The summed E-state index contributed by atoms with van der Waals surface area (Å²) < 4.78 is 38.3. The maximum absolute atomic E-state index is 10.7. The Bertz CT molecular complexity index is 891. The normalized spacial score (nSPS) is 13.5. The Morgan fingerprint density at radius 3 is 1.83 bits per heavy atom. The van der Waals surface area contributed by atoms with Gasteiger partial charge in [-0.15, -0.1) is 0 Å². The van der Waals surface area contributed by atoms with E-state index in [0.29, 0.717) is 35.1 Å². The van der Waals surface area contributed by atoms with E-state index >= 15 is 0 Å². The summed E-state index contributed by atoms with van der Waals surface area (Å²) in [4.78, 5) is 10.7. The van der Waals surface area contributed by atoms with E-state index in [1.54, 1.807) is 36.4 Å². The van der Waals surface area contributed by atoms with Crippen molar-refractivity contribution in [2.45, 2.75) is 32.4 Å². The molecule has 9 heteroatoms. The molecule has 3 heterocycles. The van der Waals surface area contributed by atoms with Gasteiger partial charge < -0.3 is 37.3 Å². The number of carbonyl (C=O) groups is 1. The minimum Gasteiger partial charge on any atom is -0.458 e. The van der Waals surface area contributed by atoms with Gasteiger partial charge in [-0.1, -0.05) is 0 Å². The molecule has 0 spiro atoms. The zero-order chi connectivity index (χ0) is 20.6. The van der Waals surface area contributed by atoms with Gasteiger partial charge in [0.1, 0.15) is 37.1 Å². The van der Waals surface area contributed by atoms with Crippen LogP contribution in [0.3, 0.4) is 0 Å². The Hall–Kier alpha value is -2.69. The largest absolute Gasteiger partial charge is 0.458 e. The van der Waals surface area contributed by atoms with Gasteiger partial charge in [0.05, 0.1) is 0 Å². The second-order valence-corrected chi connectivity index (χ2v) is 5.95. The number of aliphatic hydroxyl groups is 1. The molecule has 3 aromatic heterocycles. The molecule has 0 radical (unpaired) electrons. The fourth-order valence-electron chi connectivity index (χ4n) is 2.59. The lowest BCUT2D eigenvalue weighted by molar-refractivity contribution is -0.156. The number of furan rings is 3. The lowest BCUT2D eigenvalue weighted by Gasteiger charge is -2.14. The Morgan fingerprint density at radius 1 is 0.828 bits per heavy atom. The summed E-state index contributed by atoms with van der Waals surface area (Å²) in [5.41, 5.74) is 0. The predicted molar refractivity (Wildman–Crippen MR) is 96.5 cm³/mol. The van der Waals surface area contributed by atoms with Crippen LogP contribution in [0.2, 0.25) is 0 Å². The number of ether oxygens (including phenoxy) is 4. The number of aliphatic hydroxyl groups excluding tert-OH is 1. The van der Waals surface area contributed by atoms with Crippen LogP contribution in [-0.4, -0.2) is 25.6 Å². The molecule has 0 aliphatic heterocycles. The second kappa shape index (κ2) is 10.2. The molecule has 9 nitrogen and oxygen atoms in total. The molecule has 2 atom stereocenters. The van der Waals surface area contributed by atoms with Gasteiger partial charge >= 0.3 is 0 Å². The van der Waals surface area contributed by atoms with Gasteiger partial charge in [-0.2, -0.15) is 0 Å². The highest BCUT2D eigenvalue weighted by Crippen LogP contribution is 2.26. The highest BCUT2D eigenvalue weighted by molar-refractivity contribution is 5.70. The van der Waals surface area contributed by atoms with Crippen LogP contribution < -0.4 is 0 Å². The molecule has 0 bridgehead atoms. The monoisotopic (exact) mass is 406 g/mol. The number of carbonyl (C=O) groups excluding carboxylic acids is 1. The molecule has 1 N–H and O–H groups in total. The maximum Gasteiger partial charge on any atom is 0.217 e. The fourth-order valence-corrected chi connectivity index (χ4v) is 2.59. The lowest BCUT2D eigenvalue weighted by atomic mass is 10.4. The van der Waals surface area contributed by atoms with Crippen molar-refractivity contribution in [3.63, 3.8) is 0 Å². The molecule has 0 amide bonds. The lowest BCUT2D eigenvalue weighted by Crippen LogP contribution is -2.06. The van der Waals surface area contributed by atoms with Crippen LogP contribution in [0.4, 0.5) is 0 Å². The minimum absolute atomic E-state index is 0.107. The molecule has 3 aromatic rings. The van der Waals surface area contributed by atoms with E-state index in [1.165, 1.54) is 14.2 Å². The van der Waals surface area contributed by atoms with Gasteiger partial charge in [0.2, 0.25) is 12.6 Å². The second-order valence-electron chi connectivity index (χ2n) is 5.95. The molecule has 29 heavy (non-hydrogen) atoms. The Morgan fingerprint density at radius 2 is 1.34 bits per heavy atom. The van der Waals surface area contributed by atoms with E-state index in [9.17, 15) is 4.79 Å². The first-order valence-corrected chi connectivity index (χ1v) is 8.77. The van der Waals surface area contributed by atoms with Crippen molar-refractivity contribution < 1.29 is 42.1 Å². The molecular formula is C20H22O9. The summed E-state index contributed by atoms with van der Waals surface area (Å²) >= 11 is 0. The molecule has 0 aliphatic carbocycles. The zero-order valence-corrected chi connectivity index (χ0v) is 16.0. The summed E-state index contributed by atoms with van der Waals surface area (Å²) in [6, 6.07) is 9.98. The summed E-state index contributed by atoms with van der Waals surface area (Å²) in [5, 5.41) is 9.09. The van der Waals surface area contributed by atoms with Crippen molar-refractivity contribution in [3.05, 3.63) is 71.0 Å². The van der Waals surface area contributed by atoms with Crippen LogP contribution in [0.5, 0.6) is 0 Å². The zero-order valence-electron chi connectivity index (χ0n) is 16.0. The van der Waals surface area contributed by atoms with Gasteiger partial charge in [0.25, 0.3) is 0 Å². The molecule has 0 aliphatic rings. The van der Waals surface area contributed by atoms with Crippen LogP contribution in [0, 0.1) is 0 Å². The van der Waals surface area contributed by atoms with Gasteiger partial charge in [0.15, 0.2) is 23.6 Å². The van der Waals surface area contributed by atoms with Crippen molar-refractivity contribution in [3.8, 4) is 0 Å². The van der Waals surface area contributed by atoms with E-state index in [1.807, 2.05) is 0 Å². The first-order chi connectivity index (χ1) is 14.2. The summed E-state index contributed by atoms with van der Waals surface area (Å²) in [5.74, 6) is 2.56. The Balaban J connectivity index is 1.55. The molecule has 0 aromatic carbocycles. The minimum atomic E-state index is -0.760. The third-order valence-electron chi connectivity index (χ3n) is 3.97. The average Bonchev–Trinajstić information content (AvgIpc) is 3.50. The predicted octanol–water partition coefficient (Wildman–Crippen LogP) is 3.49. The maximum atomic E-state index is 10.7. The highest BCUT2D eigenvalue weighted by atomic mass is 16.7. The van der Waals surface area contributed by atoms with Gasteiger partial charge in [-0.05, 0) is 36.4 Å². The van der Waals surface area contributed by atoms with Gasteiger partial charge in [0, 0.05) is 14.2 Å². The third kappa shape index (κ3) is 5.43.